The fraction of sp³-hybridized carbons (Fsp3) is 0.200. The van der Waals surface area contributed by atoms with Crippen molar-refractivity contribution in [3.8, 4) is 10.7 Å². The van der Waals surface area contributed by atoms with Crippen molar-refractivity contribution in [2.24, 2.45) is 0 Å². The molecule has 0 atom stereocenters. The highest BCUT2D eigenvalue weighted by atomic mass is 35.5. The van der Waals surface area contributed by atoms with E-state index in [0.29, 0.717) is 16.0 Å². The average molecular weight is 323 g/mol. The summed E-state index contributed by atoms with van der Waals surface area (Å²) in [5.41, 5.74) is 2.11. The van der Waals surface area contributed by atoms with Gasteiger partial charge in [0.25, 0.3) is 0 Å². The van der Waals surface area contributed by atoms with E-state index in [1.54, 1.807) is 0 Å². The van der Waals surface area contributed by atoms with Crippen LogP contribution in [-0.4, -0.2) is 9.97 Å². The van der Waals surface area contributed by atoms with Crippen LogP contribution in [-0.2, 0) is 6.42 Å². The Morgan fingerprint density at radius 3 is 2.70 bits per heavy atom. The fourth-order valence-corrected chi connectivity index (χ4v) is 3.44. The second-order valence-electron chi connectivity index (χ2n) is 4.54. The Morgan fingerprint density at radius 1 is 1.15 bits per heavy atom. The molecule has 0 aliphatic carbocycles. The standard InChI is InChI=1S/C15H12Cl2N2S/c1-2-3-9-4-5-12-10(8-9)14(17)19-15(18-12)13-11(16)6-7-20-13/h4-8H,2-3H2,1H3. The lowest BCUT2D eigenvalue weighted by atomic mass is 10.1. The molecule has 1 aromatic carbocycles. The number of aryl methyl sites for hydroxylation is 1. The number of hydrogen-bond acceptors (Lipinski definition) is 3. The van der Waals surface area contributed by atoms with Crippen LogP contribution in [0.15, 0.2) is 29.6 Å². The van der Waals surface area contributed by atoms with Crippen molar-refractivity contribution in [1.82, 2.24) is 9.97 Å². The molecule has 0 aliphatic rings. The van der Waals surface area contributed by atoms with Gasteiger partial charge in [0.15, 0.2) is 5.82 Å². The number of benzene rings is 1. The Bertz CT molecular complexity index is 768. The van der Waals surface area contributed by atoms with Crippen LogP contribution in [0.25, 0.3) is 21.6 Å². The van der Waals surface area contributed by atoms with Gasteiger partial charge in [-0.05, 0) is 35.6 Å². The Kier molecular flexibility index (Phi) is 3.92. The van der Waals surface area contributed by atoms with Crippen LogP contribution in [0.1, 0.15) is 18.9 Å². The molecule has 0 N–H and O–H groups in total. The van der Waals surface area contributed by atoms with Crippen molar-refractivity contribution in [2.45, 2.75) is 19.8 Å². The maximum absolute atomic E-state index is 6.31. The molecule has 0 saturated heterocycles. The van der Waals surface area contributed by atoms with Crippen molar-refractivity contribution in [2.75, 3.05) is 0 Å². The molecule has 3 aromatic rings. The number of nitrogens with zero attached hydrogens (tertiary/aromatic N) is 2. The molecule has 2 nitrogen and oxygen atoms in total. The first-order chi connectivity index (χ1) is 9.69. The smallest absolute Gasteiger partial charge is 0.173 e. The lowest BCUT2D eigenvalue weighted by Gasteiger charge is -2.06. The molecule has 0 amide bonds. The van der Waals surface area contributed by atoms with E-state index in [9.17, 15) is 0 Å². The third-order valence-corrected chi connectivity index (χ3v) is 4.70. The van der Waals surface area contributed by atoms with Crippen LogP contribution in [0.2, 0.25) is 10.2 Å². The molecular formula is C15H12Cl2N2S. The molecule has 0 radical (unpaired) electrons. The lowest BCUT2D eigenvalue weighted by Crippen LogP contribution is -1.92. The fourth-order valence-electron chi connectivity index (χ4n) is 2.14. The highest BCUT2D eigenvalue weighted by Crippen LogP contribution is 2.33. The Hall–Kier alpha value is -1.16. The normalized spacial score (nSPS) is 11.2. The van der Waals surface area contributed by atoms with Gasteiger partial charge >= 0.3 is 0 Å². The minimum atomic E-state index is 0.479. The van der Waals surface area contributed by atoms with Crippen LogP contribution >= 0.6 is 34.5 Å². The topological polar surface area (TPSA) is 25.8 Å². The van der Waals surface area contributed by atoms with E-state index in [2.05, 4.69) is 29.0 Å². The van der Waals surface area contributed by atoms with Crippen LogP contribution in [0.4, 0.5) is 0 Å². The predicted octanol–water partition coefficient (Wildman–Crippen LogP) is 5.62. The highest BCUT2D eigenvalue weighted by molar-refractivity contribution is 7.14. The number of hydrogen-bond donors (Lipinski definition) is 0. The highest BCUT2D eigenvalue weighted by Gasteiger charge is 2.12. The number of thiophene rings is 1. The molecule has 0 unspecified atom stereocenters. The van der Waals surface area contributed by atoms with Gasteiger partial charge in [-0.25, -0.2) is 9.97 Å². The van der Waals surface area contributed by atoms with E-state index < -0.39 is 0 Å². The molecule has 0 spiro atoms. The van der Waals surface area contributed by atoms with E-state index in [4.69, 9.17) is 23.2 Å². The molecule has 0 aliphatic heterocycles. The first kappa shape index (κ1) is 13.8. The summed E-state index contributed by atoms with van der Waals surface area (Å²) in [4.78, 5) is 9.81. The molecule has 0 bridgehead atoms. The van der Waals surface area contributed by atoms with E-state index >= 15 is 0 Å². The maximum atomic E-state index is 6.31. The summed E-state index contributed by atoms with van der Waals surface area (Å²) >= 11 is 14.0. The third kappa shape index (κ3) is 2.53. The molecule has 102 valence electrons. The summed E-state index contributed by atoms with van der Waals surface area (Å²) in [6.45, 7) is 2.16. The van der Waals surface area contributed by atoms with Crippen LogP contribution in [0, 0.1) is 0 Å². The SMILES string of the molecule is CCCc1ccc2nc(-c3sccc3Cl)nc(Cl)c2c1. The number of rotatable bonds is 3. The minimum Gasteiger partial charge on any atom is -0.227 e. The molecule has 0 fully saturated rings. The van der Waals surface area contributed by atoms with Gasteiger partial charge in [-0.3, -0.25) is 0 Å². The van der Waals surface area contributed by atoms with Gasteiger partial charge in [-0.15, -0.1) is 11.3 Å². The number of aromatic nitrogens is 2. The van der Waals surface area contributed by atoms with Gasteiger partial charge < -0.3 is 0 Å². The summed E-state index contributed by atoms with van der Waals surface area (Å²) in [6.07, 6.45) is 2.14. The van der Waals surface area contributed by atoms with Crippen LogP contribution in [0.5, 0.6) is 0 Å². The molecule has 2 heterocycles. The lowest BCUT2D eigenvalue weighted by molar-refractivity contribution is 0.923. The largest absolute Gasteiger partial charge is 0.227 e. The molecule has 20 heavy (non-hydrogen) atoms. The summed E-state index contributed by atoms with van der Waals surface area (Å²) in [5, 5.41) is 3.96. The van der Waals surface area contributed by atoms with E-state index in [-0.39, 0.29) is 0 Å². The first-order valence-corrected chi connectivity index (χ1v) is 8.02. The van der Waals surface area contributed by atoms with Crippen molar-refractivity contribution < 1.29 is 0 Å². The quantitative estimate of drug-likeness (QED) is 0.585. The summed E-state index contributed by atoms with van der Waals surface area (Å²) in [5.74, 6) is 0.589. The van der Waals surface area contributed by atoms with Crippen molar-refractivity contribution in [3.05, 3.63) is 45.4 Å². The third-order valence-electron chi connectivity index (χ3n) is 3.07. The zero-order chi connectivity index (χ0) is 14.1. The Morgan fingerprint density at radius 2 is 2.00 bits per heavy atom. The Balaban J connectivity index is 2.15. The van der Waals surface area contributed by atoms with Crippen molar-refractivity contribution in [1.29, 1.82) is 0 Å². The number of halogens is 2. The summed E-state index contributed by atoms with van der Waals surface area (Å²) < 4.78 is 0. The van der Waals surface area contributed by atoms with Gasteiger partial charge in [0.1, 0.15) is 5.15 Å². The second kappa shape index (κ2) is 5.68. The minimum absolute atomic E-state index is 0.479. The van der Waals surface area contributed by atoms with Gasteiger partial charge in [0.2, 0.25) is 0 Å². The van der Waals surface area contributed by atoms with Crippen molar-refractivity contribution >= 4 is 45.4 Å². The van der Waals surface area contributed by atoms with E-state index in [1.807, 2.05) is 17.5 Å². The van der Waals surface area contributed by atoms with E-state index in [1.165, 1.54) is 16.9 Å². The zero-order valence-corrected chi connectivity index (χ0v) is 13.2. The second-order valence-corrected chi connectivity index (χ2v) is 6.22. The number of fused-ring (bicyclic) bond motifs is 1. The van der Waals surface area contributed by atoms with Crippen LogP contribution < -0.4 is 0 Å². The van der Waals surface area contributed by atoms with Crippen molar-refractivity contribution in [3.63, 3.8) is 0 Å². The maximum Gasteiger partial charge on any atom is 0.173 e. The van der Waals surface area contributed by atoms with Crippen LogP contribution in [0.3, 0.4) is 0 Å². The first-order valence-electron chi connectivity index (χ1n) is 6.38. The molecule has 5 heteroatoms. The van der Waals surface area contributed by atoms with Gasteiger partial charge in [0, 0.05) is 5.39 Å². The average Bonchev–Trinajstić information content (AvgIpc) is 2.86. The zero-order valence-electron chi connectivity index (χ0n) is 10.9. The molecular weight excluding hydrogens is 311 g/mol. The predicted molar refractivity (Wildman–Crippen MR) is 86.9 cm³/mol. The summed E-state index contributed by atoms with van der Waals surface area (Å²) in [6, 6.07) is 8.00. The van der Waals surface area contributed by atoms with E-state index in [0.717, 1.165) is 28.6 Å². The van der Waals surface area contributed by atoms with Gasteiger partial charge in [-0.1, -0.05) is 42.6 Å². The summed E-state index contributed by atoms with van der Waals surface area (Å²) in [7, 11) is 0. The molecule has 0 saturated carbocycles. The van der Waals surface area contributed by atoms with Gasteiger partial charge in [0.05, 0.1) is 15.4 Å². The monoisotopic (exact) mass is 322 g/mol. The molecule has 3 rings (SSSR count). The van der Waals surface area contributed by atoms with Gasteiger partial charge in [-0.2, -0.15) is 0 Å². The Labute approximate surface area is 131 Å². The molecule has 2 aromatic heterocycles.